The number of aryl methyl sites for hydroxylation is 1. The second-order valence-electron chi connectivity index (χ2n) is 7.63. The van der Waals surface area contributed by atoms with Gasteiger partial charge in [-0.3, -0.25) is 4.79 Å². The number of amides is 1. The fourth-order valence-corrected chi connectivity index (χ4v) is 3.46. The number of aromatic nitrogens is 1. The van der Waals surface area contributed by atoms with E-state index in [9.17, 15) is 14.9 Å². The van der Waals surface area contributed by atoms with Crippen molar-refractivity contribution in [3.05, 3.63) is 28.6 Å². The number of carbonyl (C=O) groups excluding carboxylic acids is 2. The van der Waals surface area contributed by atoms with Gasteiger partial charge in [0.25, 0.3) is 5.91 Å². The highest BCUT2D eigenvalue weighted by molar-refractivity contribution is 5.99. The Hall–Kier alpha value is -2.55. The number of nitrogens with zero attached hydrogens (tertiary/aromatic N) is 2. The number of nitrogens with one attached hydrogen (secondary N) is 1. The van der Waals surface area contributed by atoms with Crippen LogP contribution in [0.5, 0.6) is 0 Å². The van der Waals surface area contributed by atoms with E-state index in [1.807, 2.05) is 26.0 Å². The van der Waals surface area contributed by atoms with Gasteiger partial charge < -0.3 is 14.6 Å². The van der Waals surface area contributed by atoms with Gasteiger partial charge in [-0.1, -0.05) is 26.7 Å². The molecule has 0 aromatic carbocycles. The quantitative estimate of drug-likeness (QED) is 0.453. The highest BCUT2D eigenvalue weighted by Gasteiger charge is 2.19. The van der Waals surface area contributed by atoms with Crippen molar-refractivity contribution in [2.45, 2.75) is 66.0 Å². The van der Waals surface area contributed by atoms with Crippen molar-refractivity contribution >= 4 is 18.0 Å². The van der Waals surface area contributed by atoms with Gasteiger partial charge in [-0.15, -0.1) is 0 Å². The maximum Gasteiger partial charge on any atom is 0.349 e. The molecule has 0 bridgehead atoms. The Labute approximate surface area is 161 Å². The lowest BCUT2D eigenvalue weighted by Gasteiger charge is -2.12. The Morgan fingerprint density at radius 1 is 1.37 bits per heavy atom. The van der Waals surface area contributed by atoms with Gasteiger partial charge in [0.05, 0.1) is 0 Å². The predicted molar refractivity (Wildman–Crippen MR) is 104 cm³/mol. The zero-order valence-corrected chi connectivity index (χ0v) is 16.7. The fraction of sp³-hybridized carbons (Fsp3) is 0.571. The molecule has 2 rings (SSSR count). The van der Waals surface area contributed by atoms with Gasteiger partial charge in [-0.25, -0.2) is 4.79 Å². The highest BCUT2D eigenvalue weighted by Crippen LogP contribution is 2.20. The number of hydrogen-bond donors (Lipinski definition) is 1. The zero-order valence-electron chi connectivity index (χ0n) is 16.7. The van der Waals surface area contributed by atoms with Crippen LogP contribution < -0.4 is 5.32 Å². The molecule has 0 spiro atoms. The van der Waals surface area contributed by atoms with Crippen LogP contribution in [0.1, 0.15) is 56.5 Å². The van der Waals surface area contributed by atoms with Crippen molar-refractivity contribution < 1.29 is 14.3 Å². The topological polar surface area (TPSA) is 84.1 Å². The van der Waals surface area contributed by atoms with E-state index in [4.69, 9.17) is 4.74 Å². The molecule has 0 saturated heterocycles. The molecular weight excluding hydrogens is 342 g/mol. The molecule has 0 unspecified atom stereocenters. The average Bonchev–Trinajstić information content (AvgIpc) is 3.21. The first-order valence-corrected chi connectivity index (χ1v) is 9.56. The van der Waals surface area contributed by atoms with Crippen molar-refractivity contribution in [1.82, 2.24) is 9.88 Å². The van der Waals surface area contributed by atoms with Crippen LogP contribution in [0, 0.1) is 31.1 Å². The molecule has 1 N–H and O–H groups in total. The summed E-state index contributed by atoms with van der Waals surface area (Å²) in [5.74, 6) is -0.596. The van der Waals surface area contributed by atoms with E-state index >= 15 is 0 Å². The third-order valence-electron chi connectivity index (χ3n) is 4.86. The molecule has 1 saturated carbocycles. The first-order valence-electron chi connectivity index (χ1n) is 9.56. The van der Waals surface area contributed by atoms with Crippen LogP contribution in [0.3, 0.4) is 0 Å². The van der Waals surface area contributed by atoms with Crippen molar-refractivity contribution in [3.8, 4) is 6.07 Å². The average molecular weight is 371 g/mol. The summed E-state index contributed by atoms with van der Waals surface area (Å²) >= 11 is 0. The van der Waals surface area contributed by atoms with Gasteiger partial charge in [0, 0.05) is 24.0 Å². The summed E-state index contributed by atoms with van der Waals surface area (Å²) in [6.45, 7) is 8.77. The predicted octanol–water partition coefficient (Wildman–Crippen LogP) is 3.27. The van der Waals surface area contributed by atoms with Gasteiger partial charge in [-0.2, -0.15) is 5.26 Å². The molecule has 1 aliphatic carbocycles. The molecule has 1 heterocycles. The molecule has 1 fully saturated rings. The standard InChI is InChI=1S/C21H29N3O3/c1-14(2)12-24-15(3)9-17(16(24)4)10-18(11-22)21(26)27-13-20(25)23-19-7-5-6-8-19/h9-10,14,19H,5-8,12-13H2,1-4H3,(H,23,25)/b18-10+. The molecule has 146 valence electrons. The number of rotatable bonds is 7. The second-order valence-corrected chi connectivity index (χ2v) is 7.63. The van der Waals surface area contributed by atoms with E-state index in [-0.39, 0.29) is 24.1 Å². The Bertz CT molecular complexity index is 762. The van der Waals surface area contributed by atoms with E-state index < -0.39 is 5.97 Å². The summed E-state index contributed by atoms with van der Waals surface area (Å²) < 4.78 is 7.20. The van der Waals surface area contributed by atoms with Crippen LogP contribution in [-0.2, 0) is 20.9 Å². The Morgan fingerprint density at radius 2 is 2.04 bits per heavy atom. The van der Waals surface area contributed by atoms with E-state index in [2.05, 4.69) is 23.7 Å². The maximum absolute atomic E-state index is 12.2. The molecule has 1 aliphatic rings. The van der Waals surface area contributed by atoms with Crippen molar-refractivity contribution in [2.75, 3.05) is 6.61 Å². The minimum absolute atomic E-state index is 0.103. The summed E-state index contributed by atoms with van der Waals surface area (Å²) in [6.07, 6.45) is 5.70. The fourth-order valence-electron chi connectivity index (χ4n) is 3.46. The van der Waals surface area contributed by atoms with Crippen molar-refractivity contribution in [1.29, 1.82) is 5.26 Å². The monoisotopic (exact) mass is 371 g/mol. The molecule has 1 aromatic heterocycles. The summed E-state index contributed by atoms with van der Waals surface area (Å²) in [5, 5.41) is 12.2. The number of carbonyl (C=O) groups is 2. The molecule has 6 nitrogen and oxygen atoms in total. The highest BCUT2D eigenvalue weighted by atomic mass is 16.5. The second kappa shape index (κ2) is 9.40. The van der Waals surface area contributed by atoms with E-state index in [0.29, 0.717) is 5.92 Å². The lowest BCUT2D eigenvalue weighted by atomic mass is 10.1. The van der Waals surface area contributed by atoms with Crippen LogP contribution >= 0.6 is 0 Å². The Balaban J connectivity index is 2.01. The normalized spacial score (nSPS) is 15.0. The number of hydrogen-bond acceptors (Lipinski definition) is 4. The van der Waals surface area contributed by atoms with Crippen molar-refractivity contribution in [2.24, 2.45) is 5.92 Å². The number of ether oxygens (including phenoxy) is 1. The number of nitriles is 1. The molecule has 6 heteroatoms. The van der Waals surface area contributed by atoms with Crippen LogP contribution in [-0.4, -0.2) is 29.1 Å². The SMILES string of the molecule is Cc1cc(/C=C(\C#N)C(=O)OCC(=O)NC2CCCC2)c(C)n1CC(C)C. The summed E-state index contributed by atoms with van der Waals surface area (Å²) in [4.78, 5) is 24.1. The smallest absolute Gasteiger partial charge is 0.349 e. The maximum atomic E-state index is 12.2. The molecule has 0 aliphatic heterocycles. The molecule has 0 radical (unpaired) electrons. The third-order valence-corrected chi connectivity index (χ3v) is 4.86. The molecule has 27 heavy (non-hydrogen) atoms. The van der Waals surface area contributed by atoms with Gasteiger partial charge in [-0.05, 0) is 50.3 Å². The van der Waals surface area contributed by atoms with E-state index in [0.717, 1.165) is 49.2 Å². The zero-order chi connectivity index (χ0) is 20.0. The van der Waals surface area contributed by atoms with Crippen molar-refractivity contribution in [3.63, 3.8) is 0 Å². The van der Waals surface area contributed by atoms with E-state index in [1.54, 1.807) is 0 Å². The van der Waals surface area contributed by atoms with Gasteiger partial charge in [0.15, 0.2) is 6.61 Å². The summed E-state index contributed by atoms with van der Waals surface area (Å²) in [7, 11) is 0. The van der Waals surface area contributed by atoms with Crippen LogP contribution in [0.15, 0.2) is 11.6 Å². The van der Waals surface area contributed by atoms with Gasteiger partial charge >= 0.3 is 5.97 Å². The first kappa shape index (κ1) is 20.8. The number of esters is 1. The van der Waals surface area contributed by atoms with Crippen LogP contribution in [0.2, 0.25) is 0 Å². The molecular formula is C21H29N3O3. The third kappa shape index (κ3) is 5.72. The van der Waals surface area contributed by atoms with Gasteiger partial charge in [0.2, 0.25) is 0 Å². The minimum atomic E-state index is -0.771. The Kier molecular flexibility index (Phi) is 7.23. The van der Waals surface area contributed by atoms with Gasteiger partial charge in [0.1, 0.15) is 11.6 Å². The summed E-state index contributed by atoms with van der Waals surface area (Å²) in [5.41, 5.74) is 2.79. The Morgan fingerprint density at radius 3 is 2.63 bits per heavy atom. The first-order chi connectivity index (χ1) is 12.8. The lowest BCUT2D eigenvalue weighted by Crippen LogP contribution is -2.36. The minimum Gasteiger partial charge on any atom is -0.451 e. The molecule has 0 atom stereocenters. The van der Waals surface area contributed by atoms with Crippen LogP contribution in [0.4, 0.5) is 0 Å². The lowest BCUT2D eigenvalue weighted by molar-refractivity contribution is -0.144. The molecule has 1 aromatic rings. The van der Waals surface area contributed by atoms with Crippen LogP contribution in [0.25, 0.3) is 6.08 Å². The molecule has 1 amide bonds. The largest absolute Gasteiger partial charge is 0.451 e. The van der Waals surface area contributed by atoms with E-state index in [1.165, 1.54) is 6.08 Å². The summed E-state index contributed by atoms with van der Waals surface area (Å²) in [6, 6.07) is 4.02.